The molecule has 0 spiro atoms. The van der Waals surface area contributed by atoms with Crippen molar-refractivity contribution >= 4 is 17.0 Å². The van der Waals surface area contributed by atoms with Crippen molar-refractivity contribution in [1.29, 1.82) is 0 Å². The van der Waals surface area contributed by atoms with Crippen molar-refractivity contribution in [3.05, 3.63) is 67.0 Å². The highest BCUT2D eigenvalue weighted by Crippen LogP contribution is 2.35. The van der Waals surface area contributed by atoms with E-state index in [1.807, 2.05) is 39.0 Å². The Morgan fingerprint density at radius 3 is 2.24 bits per heavy atom. The van der Waals surface area contributed by atoms with Crippen LogP contribution in [0.5, 0.6) is 0 Å². The molecule has 34 heavy (non-hydrogen) atoms. The molecule has 0 bridgehead atoms. The Morgan fingerprint density at radius 2 is 1.59 bits per heavy atom. The molecule has 0 amide bonds. The lowest BCUT2D eigenvalue weighted by Gasteiger charge is -2.25. The first-order valence-corrected chi connectivity index (χ1v) is 11.4. The van der Waals surface area contributed by atoms with Gasteiger partial charge in [0.05, 0.1) is 16.7 Å². The number of aromatic nitrogens is 7. The summed E-state index contributed by atoms with van der Waals surface area (Å²) in [5.41, 5.74) is 11.2. The molecule has 0 aliphatic carbocycles. The predicted molar refractivity (Wildman–Crippen MR) is 137 cm³/mol. The summed E-state index contributed by atoms with van der Waals surface area (Å²) in [5, 5.41) is 4.52. The van der Waals surface area contributed by atoms with Gasteiger partial charge in [0.2, 0.25) is 5.95 Å². The summed E-state index contributed by atoms with van der Waals surface area (Å²) in [4.78, 5) is 17.6. The third-order valence-electron chi connectivity index (χ3n) is 5.33. The zero-order valence-electron chi connectivity index (χ0n) is 20.5. The minimum Gasteiger partial charge on any atom is -0.368 e. The molecule has 0 aliphatic heterocycles. The van der Waals surface area contributed by atoms with E-state index in [2.05, 4.69) is 69.7 Å². The number of imidazole rings is 1. The van der Waals surface area contributed by atoms with Gasteiger partial charge in [-0.2, -0.15) is 5.10 Å². The van der Waals surface area contributed by atoms with Gasteiger partial charge in [-0.15, -0.1) is 0 Å². The first-order chi connectivity index (χ1) is 16.3. The average molecular weight is 455 g/mol. The number of nitrogen functional groups attached to an aromatic ring is 1. The molecule has 3 aromatic heterocycles. The van der Waals surface area contributed by atoms with E-state index in [9.17, 15) is 0 Å². The number of aryl methyl sites for hydroxylation is 1. The highest BCUT2D eigenvalue weighted by Gasteiger charge is 2.24. The van der Waals surface area contributed by atoms with Gasteiger partial charge in [0.15, 0.2) is 0 Å². The van der Waals surface area contributed by atoms with Crippen LogP contribution in [-0.4, -0.2) is 34.3 Å². The first-order valence-electron chi connectivity index (χ1n) is 11.4. The normalized spacial score (nSPS) is 11.4. The molecule has 174 valence electrons. The fourth-order valence-electron chi connectivity index (χ4n) is 3.93. The number of benzene rings is 2. The fourth-order valence-corrected chi connectivity index (χ4v) is 3.93. The van der Waals surface area contributed by atoms with Crippen LogP contribution in [0.1, 0.15) is 40.4 Å². The molecule has 0 unspecified atom stereocenters. The van der Waals surface area contributed by atoms with E-state index in [0.29, 0.717) is 0 Å². The molecule has 0 atom stereocenters. The quantitative estimate of drug-likeness (QED) is 0.391. The Bertz CT molecular complexity index is 1420. The summed E-state index contributed by atoms with van der Waals surface area (Å²) >= 11 is 0. The van der Waals surface area contributed by atoms with E-state index in [1.54, 1.807) is 23.4 Å². The summed E-state index contributed by atoms with van der Waals surface area (Å²) < 4.78 is 4.07. The maximum atomic E-state index is 5.64. The van der Waals surface area contributed by atoms with Crippen molar-refractivity contribution in [1.82, 2.24) is 34.3 Å². The Labute approximate surface area is 199 Å². The van der Waals surface area contributed by atoms with Crippen LogP contribution < -0.4 is 5.73 Å². The topological polar surface area (TPSA) is 100 Å². The Morgan fingerprint density at radius 1 is 0.882 bits per heavy atom. The van der Waals surface area contributed by atoms with E-state index < -0.39 is 0 Å². The van der Waals surface area contributed by atoms with Crippen molar-refractivity contribution in [3.63, 3.8) is 0 Å². The molecule has 2 N–H and O–H groups in total. The Kier molecular flexibility index (Phi) is 6.15. The van der Waals surface area contributed by atoms with Crippen molar-refractivity contribution in [2.45, 2.75) is 47.1 Å². The average Bonchev–Trinajstić information content (AvgIpc) is 3.44. The molecule has 0 saturated carbocycles. The Hall–Kier alpha value is -4.07. The molecule has 5 rings (SSSR count). The molecule has 2 aromatic carbocycles. The highest BCUT2D eigenvalue weighted by atomic mass is 15.3. The van der Waals surface area contributed by atoms with Crippen LogP contribution in [-0.2, 0) is 5.54 Å². The van der Waals surface area contributed by atoms with Crippen LogP contribution in [0.25, 0.3) is 39.2 Å². The van der Waals surface area contributed by atoms with Gasteiger partial charge >= 0.3 is 0 Å². The van der Waals surface area contributed by atoms with Crippen LogP contribution >= 0.6 is 0 Å². The van der Waals surface area contributed by atoms with Gasteiger partial charge < -0.3 is 10.3 Å². The summed E-state index contributed by atoms with van der Waals surface area (Å²) in [7, 11) is 0. The van der Waals surface area contributed by atoms with Crippen LogP contribution in [0.3, 0.4) is 0 Å². The molecule has 0 aliphatic rings. The number of rotatable bonds is 3. The van der Waals surface area contributed by atoms with Crippen molar-refractivity contribution in [3.8, 4) is 28.2 Å². The summed E-state index contributed by atoms with van der Waals surface area (Å²) in [5.74, 6) is 1.86. The van der Waals surface area contributed by atoms with E-state index >= 15 is 0 Å². The Balaban J connectivity index is 0.00000133. The minimum absolute atomic E-state index is 0.193. The molecular weight excluding hydrogens is 424 g/mol. The van der Waals surface area contributed by atoms with Gasteiger partial charge in [-0.05, 0) is 57.5 Å². The van der Waals surface area contributed by atoms with Gasteiger partial charge in [0.1, 0.15) is 18.0 Å². The molecule has 0 saturated heterocycles. The zero-order chi connectivity index (χ0) is 24.5. The number of nitrogens with zero attached hydrogens (tertiary/aromatic N) is 7. The van der Waals surface area contributed by atoms with Crippen LogP contribution in [0, 0.1) is 6.92 Å². The highest BCUT2D eigenvalue weighted by molar-refractivity contribution is 5.86. The maximum absolute atomic E-state index is 5.64. The maximum Gasteiger partial charge on any atom is 0.219 e. The standard InChI is InChI=1S/C24H24N8.C2H6/c1-15-28-14-31(30-15)20-8-6-5-7-18(20)22-29-19-11-16(17-12-26-23(25)27-13-17)9-10-21(19)32(22)24(2,3)4;1-2/h5-14H,1-4H3,(H2,25,26,27);1-2H3. The lowest BCUT2D eigenvalue weighted by Crippen LogP contribution is -2.23. The van der Waals surface area contributed by atoms with Crippen molar-refractivity contribution in [2.75, 3.05) is 5.73 Å². The van der Waals surface area contributed by atoms with Gasteiger partial charge in [-0.1, -0.05) is 32.0 Å². The van der Waals surface area contributed by atoms with E-state index in [1.165, 1.54) is 0 Å². The molecule has 3 heterocycles. The van der Waals surface area contributed by atoms with E-state index in [4.69, 9.17) is 10.7 Å². The summed E-state index contributed by atoms with van der Waals surface area (Å²) in [6.07, 6.45) is 5.19. The second-order valence-corrected chi connectivity index (χ2v) is 8.73. The summed E-state index contributed by atoms with van der Waals surface area (Å²) in [6.45, 7) is 12.4. The molecule has 8 nitrogen and oxygen atoms in total. The van der Waals surface area contributed by atoms with E-state index in [0.717, 1.165) is 45.1 Å². The largest absolute Gasteiger partial charge is 0.368 e. The number of hydrogen-bond acceptors (Lipinski definition) is 6. The number of hydrogen-bond donors (Lipinski definition) is 1. The molecular formula is C26H30N8. The predicted octanol–water partition coefficient (Wildman–Crippen LogP) is 5.41. The monoisotopic (exact) mass is 454 g/mol. The smallest absolute Gasteiger partial charge is 0.219 e. The molecule has 0 radical (unpaired) electrons. The number of nitrogens with two attached hydrogens (primary N) is 1. The number of fused-ring (bicyclic) bond motifs is 1. The molecule has 5 aromatic rings. The van der Waals surface area contributed by atoms with Crippen molar-refractivity contribution in [2.24, 2.45) is 0 Å². The third kappa shape index (κ3) is 4.26. The van der Waals surface area contributed by atoms with Gasteiger partial charge in [-0.25, -0.2) is 24.6 Å². The molecule has 8 heteroatoms. The van der Waals surface area contributed by atoms with E-state index in [-0.39, 0.29) is 11.5 Å². The van der Waals surface area contributed by atoms with Gasteiger partial charge in [0.25, 0.3) is 0 Å². The summed E-state index contributed by atoms with van der Waals surface area (Å²) in [6, 6.07) is 14.4. The van der Waals surface area contributed by atoms with Crippen LogP contribution in [0.15, 0.2) is 61.2 Å². The third-order valence-corrected chi connectivity index (χ3v) is 5.33. The van der Waals surface area contributed by atoms with Gasteiger partial charge in [-0.3, -0.25) is 0 Å². The van der Waals surface area contributed by atoms with Gasteiger partial charge in [0, 0.05) is 29.1 Å². The lowest BCUT2D eigenvalue weighted by molar-refractivity contribution is 0.413. The van der Waals surface area contributed by atoms with Crippen molar-refractivity contribution < 1.29 is 0 Å². The number of anilines is 1. The SMILES string of the molecule is CC.Cc1ncn(-c2ccccc2-c2nc3cc(-c4cnc(N)nc4)ccc3n2C(C)(C)C)n1. The zero-order valence-corrected chi connectivity index (χ0v) is 20.5. The fraction of sp³-hybridized carbons (Fsp3) is 0.269. The van der Waals surface area contributed by atoms with Crippen LogP contribution in [0.4, 0.5) is 5.95 Å². The second-order valence-electron chi connectivity index (χ2n) is 8.73. The first kappa shape index (κ1) is 23.1. The minimum atomic E-state index is -0.193. The second kappa shape index (κ2) is 9.05. The molecule has 0 fully saturated rings. The lowest BCUT2D eigenvalue weighted by atomic mass is 10.1. The number of para-hydroxylation sites is 1. The van der Waals surface area contributed by atoms with Crippen LogP contribution in [0.2, 0.25) is 0 Å².